The second-order valence-corrected chi connectivity index (χ2v) is 6.55. The van der Waals surface area contributed by atoms with Gasteiger partial charge in [-0.2, -0.15) is 4.31 Å². The SMILES string of the molecule is CC(C(=O)O)N(C)S(=O)(=O)c1cc(F)c(Br)cc1F. The average molecular weight is 358 g/mol. The zero-order valence-electron chi connectivity index (χ0n) is 9.89. The summed E-state index contributed by atoms with van der Waals surface area (Å²) in [4.78, 5) is 9.83. The third kappa shape index (κ3) is 3.10. The van der Waals surface area contributed by atoms with Crippen molar-refractivity contribution in [1.29, 1.82) is 0 Å². The molecule has 5 nitrogen and oxygen atoms in total. The molecule has 0 bridgehead atoms. The smallest absolute Gasteiger partial charge is 0.321 e. The van der Waals surface area contributed by atoms with E-state index in [0.29, 0.717) is 16.4 Å². The quantitative estimate of drug-likeness (QED) is 0.834. The van der Waals surface area contributed by atoms with E-state index in [1.165, 1.54) is 0 Å². The van der Waals surface area contributed by atoms with Gasteiger partial charge >= 0.3 is 5.97 Å². The third-order valence-corrected chi connectivity index (χ3v) is 5.09. The molecular formula is C10H10BrF2NO4S. The molecule has 0 saturated heterocycles. The number of carboxylic acids is 1. The topological polar surface area (TPSA) is 74.7 Å². The summed E-state index contributed by atoms with van der Waals surface area (Å²) in [5.41, 5.74) is 0. The molecule has 1 N–H and O–H groups in total. The normalized spacial score (nSPS) is 13.6. The molecule has 106 valence electrons. The lowest BCUT2D eigenvalue weighted by atomic mass is 10.3. The molecular weight excluding hydrogens is 348 g/mol. The number of carbonyl (C=O) groups is 1. The zero-order valence-corrected chi connectivity index (χ0v) is 12.3. The molecule has 0 spiro atoms. The van der Waals surface area contributed by atoms with Gasteiger partial charge in [0.25, 0.3) is 0 Å². The van der Waals surface area contributed by atoms with Gasteiger partial charge in [0.2, 0.25) is 10.0 Å². The first-order chi connectivity index (χ1) is 8.59. The van der Waals surface area contributed by atoms with Crippen LogP contribution in [0.4, 0.5) is 8.78 Å². The fourth-order valence-electron chi connectivity index (χ4n) is 1.22. The number of nitrogens with zero attached hydrogens (tertiary/aromatic N) is 1. The number of carboxylic acid groups (broad SMARTS) is 1. The maximum absolute atomic E-state index is 13.6. The molecule has 1 aromatic carbocycles. The maximum Gasteiger partial charge on any atom is 0.321 e. The number of sulfonamides is 1. The van der Waals surface area contributed by atoms with E-state index >= 15 is 0 Å². The van der Waals surface area contributed by atoms with E-state index < -0.39 is 38.6 Å². The third-order valence-electron chi connectivity index (χ3n) is 2.53. The van der Waals surface area contributed by atoms with Crippen molar-refractivity contribution in [3.05, 3.63) is 28.2 Å². The Morgan fingerprint density at radius 3 is 2.37 bits per heavy atom. The maximum atomic E-state index is 13.6. The van der Waals surface area contributed by atoms with Gasteiger partial charge in [-0.25, -0.2) is 17.2 Å². The van der Waals surface area contributed by atoms with Crippen LogP contribution in [0.15, 0.2) is 21.5 Å². The second kappa shape index (κ2) is 5.51. The Kier molecular flexibility index (Phi) is 4.64. The van der Waals surface area contributed by atoms with E-state index in [9.17, 15) is 22.0 Å². The highest BCUT2D eigenvalue weighted by Gasteiger charge is 2.32. The summed E-state index contributed by atoms with van der Waals surface area (Å²) < 4.78 is 51.1. The molecule has 0 aliphatic heterocycles. The molecule has 0 heterocycles. The van der Waals surface area contributed by atoms with Gasteiger partial charge in [0.1, 0.15) is 22.6 Å². The Bertz CT molecular complexity index is 620. The van der Waals surface area contributed by atoms with Gasteiger partial charge in [-0.05, 0) is 35.0 Å². The summed E-state index contributed by atoms with van der Waals surface area (Å²) >= 11 is 2.72. The Morgan fingerprint density at radius 1 is 1.37 bits per heavy atom. The highest BCUT2D eigenvalue weighted by atomic mass is 79.9. The van der Waals surface area contributed by atoms with Gasteiger partial charge in [0.05, 0.1) is 4.47 Å². The Hall–Kier alpha value is -1.06. The average Bonchev–Trinajstić information content (AvgIpc) is 2.31. The van der Waals surface area contributed by atoms with Crippen LogP contribution in [0.5, 0.6) is 0 Å². The van der Waals surface area contributed by atoms with Crippen LogP contribution in [0.1, 0.15) is 6.92 Å². The summed E-state index contributed by atoms with van der Waals surface area (Å²) in [6.45, 7) is 1.12. The van der Waals surface area contributed by atoms with Gasteiger partial charge in [-0.3, -0.25) is 4.79 Å². The molecule has 0 aromatic heterocycles. The number of rotatable bonds is 4. The first kappa shape index (κ1) is 16.0. The lowest BCUT2D eigenvalue weighted by Crippen LogP contribution is -2.40. The molecule has 1 atom stereocenters. The summed E-state index contributed by atoms with van der Waals surface area (Å²) in [5, 5.41) is 8.75. The van der Waals surface area contributed by atoms with Crippen LogP contribution in [-0.4, -0.2) is 36.9 Å². The standard InChI is InChI=1S/C10H10BrF2NO4S/c1-5(10(15)16)14(2)19(17,18)9-4-7(12)6(11)3-8(9)13/h3-5H,1-2H3,(H,15,16). The van der Waals surface area contributed by atoms with Crippen molar-refractivity contribution in [2.75, 3.05) is 7.05 Å². The number of halogens is 3. The van der Waals surface area contributed by atoms with E-state index in [1.807, 2.05) is 0 Å². The van der Waals surface area contributed by atoms with Crippen LogP contribution in [0.3, 0.4) is 0 Å². The Labute approximate surface area is 117 Å². The molecule has 1 unspecified atom stereocenters. The lowest BCUT2D eigenvalue weighted by molar-refractivity contribution is -0.140. The van der Waals surface area contributed by atoms with Crippen LogP contribution >= 0.6 is 15.9 Å². The predicted octanol–water partition coefficient (Wildman–Crippen LogP) is 1.82. The molecule has 9 heteroatoms. The van der Waals surface area contributed by atoms with Gasteiger partial charge in [-0.1, -0.05) is 0 Å². The monoisotopic (exact) mass is 357 g/mol. The first-order valence-electron chi connectivity index (χ1n) is 4.94. The molecule has 0 fully saturated rings. The molecule has 1 rings (SSSR count). The van der Waals surface area contributed by atoms with Gasteiger partial charge < -0.3 is 5.11 Å². The molecule has 0 amide bonds. The van der Waals surface area contributed by atoms with Crippen LogP contribution < -0.4 is 0 Å². The minimum Gasteiger partial charge on any atom is -0.480 e. The lowest BCUT2D eigenvalue weighted by Gasteiger charge is -2.21. The number of hydrogen-bond acceptors (Lipinski definition) is 3. The number of hydrogen-bond donors (Lipinski definition) is 1. The molecule has 0 aliphatic carbocycles. The number of aliphatic carboxylic acids is 1. The van der Waals surface area contributed by atoms with E-state index in [0.717, 1.165) is 14.0 Å². The van der Waals surface area contributed by atoms with Crippen molar-refractivity contribution in [2.45, 2.75) is 17.9 Å². The predicted molar refractivity (Wildman–Crippen MR) is 66.1 cm³/mol. The Morgan fingerprint density at radius 2 is 1.89 bits per heavy atom. The van der Waals surface area contributed by atoms with Crippen molar-refractivity contribution >= 4 is 31.9 Å². The van der Waals surface area contributed by atoms with Crippen LogP contribution in [0, 0.1) is 11.6 Å². The largest absolute Gasteiger partial charge is 0.480 e. The highest BCUT2D eigenvalue weighted by molar-refractivity contribution is 9.10. The minimum atomic E-state index is -4.44. The number of likely N-dealkylation sites (N-methyl/N-ethyl adjacent to an activating group) is 1. The fourth-order valence-corrected chi connectivity index (χ4v) is 2.91. The van der Waals surface area contributed by atoms with Gasteiger partial charge in [-0.15, -0.1) is 0 Å². The first-order valence-corrected chi connectivity index (χ1v) is 7.17. The van der Waals surface area contributed by atoms with Crippen LogP contribution in [0.25, 0.3) is 0 Å². The molecule has 0 radical (unpaired) electrons. The van der Waals surface area contributed by atoms with E-state index in [4.69, 9.17) is 5.11 Å². The van der Waals surface area contributed by atoms with Crippen LogP contribution in [0.2, 0.25) is 0 Å². The minimum absolute atomic E-state index is 0.224. The fraction of sp³-hybridized carbons (Fsp3) is 0.300. The molecule has 19 heavy (non-hydrogen) atoms. The van der Waals surface area contributed by atoms with Crippen LogP contribution in [-0.2, 0) is 14.8 Å². The molecule has 0 aliphatic rings. The number of benzene rings is 1. The van der Waals surface area contributed by atoms with Crippen molar-refractivity contribution in [3.8, 4) is 0 Å². The van der Waals surface area contributed by atoms with E-state index in [2.05, 4.69) is 15.9 Å². The summed E-state index contributed by atoms with van der Waals surface area (Å²) in [6.07, 6.45) is 0. The second-order valence-electron chi connectivity index (χ2n) is 3.73. The van der Waals surface area contributed by atoms with Gasteiger partial charge in [0.15, 0.2) is 0 Å². The molecule has 0 saturated carbocycles. The van der Waals surface area contributed by atoms with Crippen molar-refractivity contribution in [1.82, 2.24) is 4.31 Å². The highest BCUT2D eigenvalue weighted by Crippen LogP contribution is 2.25. The van der Waals surface area contributed by atoms with E-state index in [1.54, 1.807) is 0 Å². The molecule has 1 aromatic rings. The zero-order chi connectivity index (χ0) is 15.0. The Balaban J connectivity index is 3.36. The van der Waals surface area contributed by atoms with Gasteiger partial charge in [0, 0.05) is 7.05 Å². The van der Waals surface area contributed by atoms with Crippen molar-refractivity contribution in [2.24, 2.45) is 0 Å². The van der Waals surface area contributed by atoms with Crippen molar-refractivity contribution in [3.63, 3.8) is 0 Å². The summed E-state index contributed by atoms with van der Waals surface area (Å²) in [6, 6.07) is -0.238. The summed E-state index contributed by atoms with van der Waals surface area (Å²) in [7, 11) is -3.46. The van der Waals surface area contributed by atoms with E-state index in [-0.39, 0.29) is 4.47 Å². The van der Waals surface area contributed by atoms with Crippen molar-refractivity contribution < 1.29 is 27.1 Å². The summed E-state index contributed by atoms with van der Waals surface area (Å²) in [5.74, 6) is -3.53.